The molecule has 5 nitrogen and oxygen atoms in total. The first kappa shape index (κ1) is 11.5. The molecule has 1 heterocycles. The highest BCUT2D eigenvalue weighted by molar-refractivity contribution is 6.30. The average molecular weight is 251 g/mol. The van der Waals surface area contributed by atoms with Crippen molar-refractivity contribution in [1.82, 2.24) is 9.78 Å². The minimum atomic E-state index is -0.301. The van der Waals surface area contributed by atoms with E-state index in [2.05, 4.69) is 10.4 Å². The van der Waals surface area contributed by atoms with E-state index in [0.29, 0.717) is 22.1 Å². The summed E-state index contributed by atoms with van der Waals surface area (Å²) in [5, 5.41) is 7.23. The van der Waals surface area contributed by atoms with E-state index in [1.54, 1.807) is 31.3 Å². The van der Waals surface area contributed by atoms with E-state index in [9.17, 15) is 4.79 Å². The lowest BCUT2D eigenvalue weighted by molar-refractivity contribution is 0.101. The summed E-state index contributed by atoms with van der Waals surface area (Å²) in [6.07, 6.45) is 1.44. The molecule has 1 amide bonds. The number of amides is 1. The Bertz CT molecular complexity index is 528. The average Bonchev–Trinajstić information content (AvgIpc) is 2.62. The molecular formula is C11H11ClN4O. The van der Waals surface area contributed by atoms with Crippen LogP contribution in [-0.4, -0.2) is 15.7 Å². The highest BCUT2D eigenvalue weighted by Gasteiger charge is 2.14. The van der Waals surface area contributed by atoms with Gasteiger partial charge in [-0.2, -0.15) is 5.10 Å². The fourth-order valence-corrected chi connectivity index (χ4v) is 1.58. The standard InChI is InChI=1S/C11H11ClN4O/c1-16-10(9(13)6-14-16)11(17)15-8-4-2-7(12)3-5-8/h2-6H,13H2,1H3,(H,15,17). The fourth-order valence-electron chi connectivity index (χ4n) is 1.46. The van der Waals surface area contributed by atoms with Crippen molar-refractivity contribution in [1.29, 1.82) is 0 Å². The Morgan fingerprint density at radius 2 is 2.06 bits per heavy atom. The number of aromatic nitrogens is 2. The van der Waals surface area contributed by atoms with Crippen LogP contribution < -0.4 is 11.1 Å². The van der Waals surface area contributed by atoms with Crippen molar-refractivity contribution >= 4 is 28.9 Å². The van der Waals surface area contributed by atoms with Crippen molar-refractivity contribution in [3.63, 3.8) is 0 Å². The lowest BCUT2D eigenvalue weighted by Gasteiger charge is -2.06. The molecule has 2 aromatic rings. The fraction of sp³-hybridized carbons (Fsp3) is 0.0909. The zero-order valence-corrected chi connectivity index (χ0v) is 9.90. The number of nitrogen functional groups attached to an aromatic ring is 1. The van der Waals surface area contributed by atoms with E-state index in [4.69, 9.17) is 17.3 Å². The minimum absolute atomic E-state index is 0.301. The first-order chi connectivity index (χ1) is 8.08. The second-order valence-electron chi connectivity index (χ2n) is 3.53. The second kappa shape index (κ2) is 4.47. The molecule has 1 aromatic carbocycles. The summed E-state index contributed by atoms with van der Waals surface area (Å²) in [4.78, 5) is 11.9. The van der Waals surface area contributed by atoms with Crippen molar-refractivity contribution in [3.8, 4) is 0 Å². The second-order valence-corrected chi connectivity index (χ2v) is 3.97. The maximum Gasteiger partial charge on any atom is 0.276 e. The minimum Gasteiger partial charge on any atom is -0.396 e. The number of halogens is 1. The molecular weight excluding hydrogens is 240 g/mol. The Morgan fingerprint density at radius 1 is 1.41 bits per heavy atom. The van der Waals surface area contributed by atoms with Crippen molar-refractivity contribution in [2.24, 2.45) is 7.05 Å². The molecule has 0 spiro atoms. The quantitative estimate of drug-likeness (QED) is 0.855. The van der Waals surface area contributed by atoms with Crippen LogP contribution in [0.15, 0.2) is 30.5 Å². The van der Waals surface area contributed by atoms with Crippen LogP contribution in [0.1, 0.15) is 10.5 Å². The first-order valence-electron chi connectivity index (χ1n) is 4.92. The molecule has 0 unspecified atom stereocenters. The Hall–Kier alpha value is -2.01. The van der Waals surface area contributed by atoms with Crippen LogP contribution in [0.2, 0.25) is 5.02 Å². The number of carbonyl (C=O) groups excluding carboxylic acids is 1. The molecule has 0 atom stereocenters. The Labute approximate surface area is 103 Å². The molecule has 88 valence electrons. The van der Waals surface area contributed by atoms with Crippen LogP contribution in [0, 0.1) is 0 Å². The van der Waals surface area contributed by atoms with Crippen LogP contribution >= 0.6 is 11.6 Å². The normalized spacial score (nSPS) is 10.2. The molecule has 1 aromatic heterocycles. The third-order valence-corrected chi connectivity index (χ3v) is 2.54. The molecule has 0 saturated heterocycles. The molecule has 2 rings (SSSR count). The predicted octanol–water partition coefficient (Wildman–Crippen LogP) is 1.91. The van der Waals surface area contributed by atoms with Gasteiger partial charge in [-0.25, -0.2) is 0 Å². The van der Waals surface area contributed by atoms with Gasteiger partial charge in [-0.05, 0) is 24.3 Å². The van der Waals surface area contributed by atoms with Gasteiger partial charge in [-0.3, -0.25) is 9.48 Å². The van der Waals surface area contributed by atoms with E-state index in [1.165, 1.54) is 10.9 Å². The van der Waals surface area contributed by atoms with Crippen LogP contribution in [-0.2, 0) is 7.05 Å². The van der Waals surface area contributed by atoms with Gasteiger partial charge in [0.05, 0.1) is 11.9 Å². The van der Waals surface area contributed by atoms with E-state index < -0.39 is 0 Å². The Morgan fingerprint density at radius 3 is 2.59 bits per heavy atom. The maximum absolute atomic E-state index is 11.9. The summed E-state index contributed by atoms with van der Waals surface area (Å²) in [5.41, 5.74) is 6.99. The van der Waals surface area contributed by atoms with E-state index in [0.717, 1.165) is 0 Å². The summed E-state index contributed by atoms with van der Waals surface area (Å²) in [6, 6.07) is 6.83. The number of hydrogen-bond donors (Lipinski definition) is 2. The summed E-state index contributed by atoms with van der Waals surface area (Å²) in [5.74, 6) is -0.301. The monoisotopic (exact) mass is 250 g/mol. The molecule has 0 bridgehead atoms. The maximum atomic E-state index is 11.9. The van der Waals surface area contributed by atoms with Gasteiger partial charge in [0.1, 0.15) is 5.69 Å². The van der Waals surface area contributed by atoms with Gasteiger partial charge in [0.2, 0.25) is 0 Å². The lowest BCUT2D eigenvalue weighted by atomic mass is 10.3. The number of hydrogen-bond acceptors (Lipinski definition) is 3. The Kier molecular flexibility index (Phi) is 3.01. The molecule has 6 heteroatoms. The first-order valence-corrected chi connectivity index (χ1v) is 5.30. The molecule has 0 aliphatic rings. The van der Waals surface area contributed by atoms with E-state index in [1.807, 2.05) is 0 Å². The highest BCUT2D eigenvalue weighted by atomic mass is 35.5. The number of anilines is 2. The molecule has 3 N–H and O–H groups in total. The molecule has 0 aliphatic heterocycles. The highest BCUT2D eigenvalue weighted by Crippen LogP contribution is 2.16. The van der Waals surface area contributed by atoms with Gasteiger partial charge >= 0.3 is 0 Å². The van der Waals surface area contributed by atoms with Crippen LogP contribution in [0.4, 0.5) is 11.4 Å². The molecule has 0 radical (unpaired) electrons. The predicted molar refractivity (Wildman–Crippen MR) is 67.0 cm³/mol. The van der Waals surface area contributed by atoms with Gasteiger partial charge in [0.25, 0.3) is 5.91 Å². The summed E-state index contributed by atoms with van der Waals surface area (Å²) >= 11 is 5.75. The van der Waals surface area contributed by atoms with Gasteiger partial charge in [0.15, 0.2) is 0 Å². The summed E-state index contributed by atoms with van der Waals surface area (Å²) < 4.78 is 1.43. The zero-order chi connectivity index (χ0) is 12.4. The van der Waals surface area contributed by atoms with Crippen LogP contribution in [0.5, 0.6) is 0 Å². The van der Waals surface area contributed by atoms with Crippen molar-refractivity contribution < 1.29 is 4.79 Å². The molecule has 0 fully saturated rings. The molecule has 17 heavy (non-hydrogen) atoms. The third-order valence-electron chi connectivity index (χ3n) is 2.28. The topological polar surface area (TPSA) is 72.9 Å². The van der Waals surface area contributed by atoms with Gasteiger partial charge in [-0.15, -0.1) is 0 Å². The smallest absolute Gasteiger partial charge is 0.276 e. The van der Waals surface area contributed by atoms with Crippen molar-refractivity contribution in [2.45, 2.75) is 0 Å². The van der Waals surface area contributed by atoms with Gasteiger partial charge in [-0.1, -0.05) is 11.6 Å². The Balaban J connectivity index is 2.20. The van der Waals surface area contributed by atoms with E-state index >= 15 is 0 Å². The molecule has 0 aliphatic carbocycles. The van der Waals surface area contributed by atoms with Crippen molar-refractivity contribution in [2.75, 3.05) is 11.1 Å². The van der Waals surface area contributed by atoms with E-state index in [-0.39, 0.29) is 5.91 Å². The SMILES string of the molecule is Cn1ncc(N)c1C(=O)Nc1ccc(Cl)cc1. The van der Waals surface area contributed by atoms with Gasteiger partial charge < -0.3 is 11.1 Å². The zero-order valence-electron chi connectivity index (χ0n) is 9.14. The number of carbonyl (C=O) groups is 1. The summed E-state index contributed by atoms with van der Waals surface area (Å²) in [7, 11) is 1.66. The number of rotatable bonds is 2. The largest absolute Gasteiger partial charge is 0.396 e. The van der Waals surface area contributed by atoms with Crippen molar-refractivity contribution in [3.05, 3.63) is 41.2 Å². The third kappa shape index (κ3) is 2.39. The molecule has 0 saturated carbocycles. The van der Waals surface area contributed by atoms with Gasteiger partial charge in [0, 0.05) is 17.8 Å². The number of nitrogens with zero attached hydrogens (tertiary/aromatic N) is 2. The number of nitrogens with two attached hydrogens (primary N) is 1. The lowest BCUT2D eigenvalue weighted by Crippen LogP contribution is -2.17. The number of nitrogens with one attached hydrogen (secondary N) is 1. The number of benzene rings is 1. The van der Waals surface area contributed by atoms with Crippen LogP contribution in [0.25, 0.3) is 0 Å². The number of aryl methyl sites for hydroxylation is 1. The summed E-state index contributed by atoms with van der Waals surface area (Å²) in [6.45, 7) is 0. The van der Waals surface area contributed by atoms with Crippen LogP contribution in [0.3, 0.4) is 0 Å².